The number of sulfonamides is 1. The minimum Gasteiger partial charge on any atom is -0.477 e. The number of rotatable bonds is 3. The van der Waals surface area contributed by atoms with Crippen LogP contribution in [0.3, 0.4) is 0 Å². The molecule has 1 fully saturated rings. The Kier molecular flexibility index (Phi) is 4.24. The van der Waals surface area contributed by atoms with E-state index in [1.165, 1.54) is 15.8 Å². The van der Waals surface area contributed by atoms with Crippen LogP contribution in [0.5, 0.6) is 0 Å². The minimum absolute atomic E-state index is 0.126. The van der Waals surface area contributed by atoms with E-state index in [1.54, 1.807) is 6.92 Å². The predicted molar refractivity (Wildman–Crippen MR) is 70.1 cm³/mol. The summed E-state index contributed by atoms with van der Waals surface area (Å²) >= 11 is 0.918. The minimum atomic E-state index is -3.77. The number of nitrogens with zero attached hydrogens (tertiary/aromatic N) is 1. The van der Waals surface area contributed by atoms with Crippen molar-refractivity contribution in [2.24, 2.45) is 0 Å². The van der Waals surface area contributed by atoms with Gasteiger partial charge in [-0.25, -0.2) is 13.2 Å². The Morgan fingerprint density at radius 3 is 3.00 bits per heavy atom. The van der Waals surface area contributed by atoms with E-state index in [-0.39, 0.29) is 22.4 Å². The molecule has 1 aliphatic heterocycles. The Labute approximate surface area is 115 Å². The lowest BCUT2D eigenvalue weighted by Crippen LogP contribution is -2.36. The second-order valence-electron chi connectivity index (χ2n) is 4.32. The zero-order chi connectivity index (χ0) is 14.0. The fourth-order valence-corrected chi connectivity index (χ4v) is 4.76. The van der Waals surface area contributed by atoms with E-state index in [1.807, 2.05) is 0 Å². The summed E-state index contributed by atoms with van der Waals surface area (Å²) in [6.07, 6.45) is 0.417. The molecule has 0 bridgehead atoms. The fraction of sp³-hybridized carbons (Fsp3) is 0.545. The van der Waals surface area contributed by atoms with Crippen molar-refractivity contribution in [2.75, 3.05) is 19.7 Å². The maximum atomic E-state index is 12.5. The Bertz CT molecular complexity index is 565. The van der Waals surface area contributed by atoms with Crippen molar-refractivity contribution in [3.8, 4) is 0 Å². The van der Waals surface area contributed by atoms with E-state index in [2.05, 4.69) is 0 Å². The van der Waals surface area contributed by atoms with Crippen LogP contribution in [0.4, 0.5) is 0 Å². The first-order valence-electron chi connectivity index (χ1n) is 5.85. The molecule has 0 saturated carbocycles. The van der Waals surface area contributed by atoms with E-state index in [9.17, 15) is 13.2 Å². The van der Waals surface area contributed by atoms with Crippen molar-refractivity contribution < 1.29 is 23.1 Å². The number of carboxylic acid groups (broad SMARTS) is 1. The normalized spacial score (nSPS) is 22.1. The van der Waals surface area contributed by atoms with Crippen LogP contribution in [-0.4, -0.2) is 49.6 Å². The summed E-state index contributed by atoms with van der Waals surface area (Å²) in [5, 5.41) is 10.5. The van der Waals surface area contributed by atoms with Gasteiger partial charge in [-0.2, -0.15) is 4.31 Å². The second kappa shape index (κ2) is 5.58. The summed E-state index contributed by atoms with van der Waals surface area (Å²) in [6, 6.07) is 1.35. The molecule has 6 nitrogen and oxygen atoms in total. The number of aromatic carboxylic acids is 1. The summed E-state index contributed by atoms with van der Waals surface area (Å²) in [4.78, 5) is 10.8. The topological polar surface area (TPSA) is 83.9 Å². The standard InChI is InChI=1S/C11H15NO5S2/c1-8-7-12(4-2-5-17-8)19(15,16)9-3-6-18-10(9)11(13)14/h3,6,8H,2,4-5,7H2,1H3,(H,13,14). The number of hydrogen-bond acceptors (Lipinski definition) is 5. The van der Waals surface area contributed by atoms with Crippen LogP contribution < -0.4 is 0 Å². The van der Waals surface area contributed by atoms with E-state index < -0.39 is 16.0 Å². The van der Waals surface area contributed by atoms with Gasteiger partial charge in [0.25, 0.3) is 0 Å². The van der Waals surface area contributed by atoms with E-state index in [4.69, 9.17) is 9.84 Å². The van der Waals surface area contributed by atoms with Crippen molar-refractivity contribution in [2.45, 2.75) is 24.3 Å². The molecule has 0 aliphatic carbocycles. The highest BCUT2D eigenvalue weighted by Crippen LogP contribution is 2.26. The summed E-state index contributed by atoms with van der Waals surface area (Å²) in [7, 11) is -3.77. The first-order valence-corrected chi connectivity index (χ1v) is 8.17. The molecule has 1 atom stereocenters. The molecule has 0 radical (unpaired) electrons. The number of carboxylic acids is 1. The molecule has 1 N–H and O–H groups in total. The fourth-order valence-electron chi connectivity index (χ4n) is 1.97. The number of thiophene rings is 1. The molecule has 1 aromatic heterocycles. The molecule has 19 heavy (non-hydrogen) atoms. The van der Waals surface area contributed by atoms with Gasteiger partial charge in [-0.3, -0.25) is 0 Å². The molecule has 2 rings (SSSR count). The molecular weight excluding hydrogens is 290 g/mol. The summed E-state index contributed by atoms with van der Waals surface area (Å²) in [5.74, 6) is -1.22. The summed E-state index contributed by atoms with van der Waals surface area (Å²) < 4.78 is 31.7. The van der Waals surface area contributed by atoms with Gasteiger partial charge in [-0.15, -0.1) is 11.3 Å². The average molecular weight is 305 g/mol. The Balaban J connectivity index is 2.35. The van der Waals surface area contributed by atoms with Gasteiger partial charge in [0.15, 0.2) is 0 Å². The van der Waals surface area contributed by atoms with Gasteiger partial charge in [-0.05, 0) is 24.8 Å². The third-order valence-corrected chi connectivity index (χ3v) is 5.80. The van der Waals surface area contributed by atoms with Crippen LogP contribution in [0.25, 0.3) is 0 Å². The second-order valence-corrected chi connectivity index (χ2v) is 7.14. The monoisotopic (exact) mass is 305 g/mol. The number of hydrogen-bond donors (Lipinski definition) is 1. The van der Waals surface area contributed by atoms with Crippen LogP contribution in [0, 0.1) is 0 Å². The van der Waals surface area contributed by atoms with Gasteiger partial charge in [0.05, 0.1) is 6.10 Å². The molecule has 1 aliphatic rings. The summed E-state index contributed by atoms with van der Waals surface area (Å²) in [6.45, 7) is 2.92. The van der Waals surface area contributed by atoms with Gasteiger partial charge >= 0.3 is 5.97 Å². The van der Waals surface area contributed by atoms with Crippen LogP contribution >= 0.6 is 11.3 Å². The molecular formula is C11H15NO5S2. The quantitative estimate of drug-likeness (QED) is 0.908. The van der Waals surface area contributed by atoms with Crippen molar-refractivity contribution >= 4 is 27.3 Å². The lowest BCUT2D eigenvalue weighted by Gasteiger charge is -2.21. The van der Waals surface area contributed by atoms with Crippen molar-refractivity contribution in [1.82, 2.24) is 4.31 Å². The van der Waals surface area contributed by atoms with Crippen molar-refractivity contribution in [3.63, 3.8) is 0 Å². The van der Waals surface area contributed by atoms with E-state index in [0.29, 0.717) is 19.6 Å². The molecule has 1 unspecified atom stereocenters. The highest BCUT2D eigenvalue weighted by Gasteiger charge is 2.32. The molecule has 0 aromatic carbocycles. The highest BCUT2D eigenvalue weighted by atomic mass is 32.2. The smallest absolute Gasteiger partial charge is 0.347 e. The van der Waals surface area contributed by atoms with E-state index >= 15 is 0 Å². The largest absolute Gasteiger partial charge is 0.477 e. The van der Waals surface area contributed by atoms with Crippen molar-refractivity contribution in [3.05, 3.63) is 16.3 Å². The third-order valence-electron chi connectivity index (χ3n) is 2.86. The summed E-state index contributed by atoms with van der Waals surface area (Å²) in [5.41, 5.74) is 0. The first kappa shape index (κ1) is 14.4. The zero-order valence-electron chi connectivity index (χ0n) is 10.4. The van der Waals surface area contributed by atoms with Gasteiger partial charge in [0.2, 0.25) is 10.0 Å². The Hall–Kier alpha value is -0.960. The van der Waals surface area contributed by atoms with Gasteiger partial charge < -0.3 is 9.84 Å². The Morgan fingerprint density at radius 1 is 1.58 bits per heavy atom. The average Bonchev–Trinajstić information content (AvgIpc) is 2.73. The molecule has 106 valence electrons. The lowest BCUT2D eigenvalue weighted by atomic mass is 10.4. The molecule has 1 saturated heterocycles. The van der Waals surface area contributed by atoms with Crippen LogP contribution in [0.2, 0.25) is 0 Å². The van der Waals surface area contributed by atoms with Crippen LogP contribution in [0.15, 0.2) is 16.3 Å². The molecule has 2 heterocycles. The lowest BCUT2D eigenvalue weighted by molar-refractivity contribution is 0.0698. The van der Waals surface area contributed by atoms with Crippen LogP contribution in [0.1, 0.15) is 23.0 Å². The highest BCUT2D eigenvalue weighted by molar-refractivity contribution is 7.89. The third kappa shape index (κ3) is 2.97. The molecule has 0 amide bonds. The van der Waals surface area contributed by atoms with Gasteiger partial charge in [0.1, 0.15) is 9.77 Å². The molecule has 1 aromatic rings. The Morgan fingerprint density at radius 2 is 2.32 bits per heavy atom. The van der Waals surface area contributed by atoms with Crippen molar-refractivity contribution in [1.29, 1.82) is 0 Å². The molecule has 0 spiro atoms. The molecule has 8 heteroatoms. The van der Waals surface area contributed by atoms with Crippen LogP contribution in [-0.2, 0) is 14.8 Å². The van der Waals surface area contributed by atoms with Gasteiger partial charge in [0, 0.05) is 19.7 Å². The van der Waals surface area contributed by atoms with Gasteiger partial charge in [-0.1, -0.05) is 0 Å². The van der Waals surface area contributed by atoms with E-state index in [0.717, 1.165) is 11.3 Å². The number of carbonyl (C=O) groups is 1. The maximum absolute atomic E-state index is 12.5. The first-order chi connectivity index (χ1) is 8.93. The SMILES string of the molecule is CC1CN(S(=O)(=O)c2ccsc2C(=O)O)CCCO1. The predicted octanol–water partition coefficient (Wildman–Crippen LogP) is 1.25. The number of ether oxygens (including phenoxy) is 1. The zero-order valence-corrected chi connectivity index (χ0v) is 12.0. The maximum Gasteiger partial charge on any atom is 0.347 e.